The molecule has 134 valence electrons. The van der Waals surface area contributed by atoms with Gasteiger partial charge in [0, 0.05) is 19.2 Å². The van der Waals surface area contributed by atoms with Gasteiger partial charge in [0.2, 0.25) is 0 Å². The highest BCUT2D eigenvalue weighted by Gasteiger charge is 2.21. The number of carbonyl (C=O) groups excluding carboxylic acids is 1. The van der Waals surface area contributed by atoms with Gasteiger partial charge in [0.25, 0.3) is 0 Å². The zero-order valence-corrected chi connectivity index (χ0v) is 15.1. The number of hydrogen-bond acceptors (Lipinski definition) is 4. The van der Waals surface area contributed by atoms with Gasteiger partial charge >= 0.3 is 12.1 Å². The number of aryl methyl sites for hydroxylation is 1. The summed E-state index contributed by atoms with van der Waals surface area (Å²) < 4.78 is 5.33. The zero-order chi connectivity index (χ0) is 18.8. The fourth-order valence-corrected chi connectivity index (χ4v) is 2.41. The predicted octanol–water partition coefficient (Wildman–Crippen LogP) is 3.45. The Kier molecular flexibility index (Phi) is 5.15. The third kappa shape index (κ3) is 4.59. The van der Waals surface area contributed by atoms with Crippen LogP contribution < -0.4 is 0 Å². The summed E-state index contributed by atoms with van der Waals surface area (Å²) >= 11 is 0. The van der Waals surface area contributed by atoms with E-state index < -0.39 is 17.7 Å². The number of rotatable bonds is 4. The van der Waals surface area contributed by atoms with Gasteiger partial charge in [0.1, 0.15) is 11.2 Å². The number of ether oxygens (including phenoxy) is 1. The van der Waals surface area contributed by atoms with Crippen LogP contribution in [0.15, 0.2) is 24.3 Å². The molecule has 1 aromatic carbocycles. The lowest BCUT2D eigenvalue weighted by Gasteiger charge is -2.24. The van der Waals surface area contributed by atoms with E-state index in [-0.39, 0.29) is 5.56 Å². The minimum Gasteiger partial charge on any atom is -0.478 e. The number of amides is 1. The number of aromatic nitrogens is 2. The molecular formula is C18H23N3O4. The molecule has 1 amide bonds. The lowest BCUT2D eigenvalue weighted by atomic mass is 10.0. The summed E-state index contributed by atoms with van der Waals surface area (Å²) in [6, 6.07) is 7.32. The van der Waals surface area contributed by atoms with Crippen LogP contribution in [0.25, 0.3) is 11.3 Å². The zero-order valence-electron chi connectivity index (χ0n) is 15.1. The topological polar surface area (TPSA) is 95.5 Å². The number of hydrogen-bond donors (Lipinski definition) is 2. The van der Waals surface area contributed by atoms with Crippen molar-refractivity contribution in [3.05, 3.63) is 41.1 Å². The molecule has 1 aromatic heterocycles. The van der Waals surface area contributed by atoms with Gasteiger partial charge in [-0.3, -0.25) is 5.10 Å². The van der Waals surface area contributed by atoms with Crippen molar-refractivity contribution in [2.24, 2.45) is 0 Å². The van der Waals surface area contributed by atoms with Crippen molar-refractivity contribution in [1.82, 2.24) is 15.1 Å². The van der Waals surface area contributed by atoms with E-state index in [1.54, 1.807) is 20.0 Å². The Labute approximate surface area is 146 Å². The fraction of sp³-hybridized carbons (Fsp3) is 0.389. The molecule has 1 heterocycles. The number of nitrogens with one attached hydrogen (secondary N) is 1. The highest BCUT2D eigenvalue weighted by Crippen LogP contribution is 2.25. The standard InChI is InChI=1S/C18H23N3O4/c1-11-14(16(22)23)15(20-19-11)13-8-6-7-12(9-13)10-21(5)17(24)25-18(2,3)4/h6-9H,10H2,1-5H3,(H,19,20)(H,22,23). The Morgan fingerprint density at radius 2 is 2.00 bits per heavy atom. The van der Waals surface area contributed by atoms with E-state index in [0.29, 0.717) is 23.5 Å². The predicted molar refractivity (Wildman–Crippen MR) is 93.4 cm³/mol. The monoisotopic (exact) mass is 345 g/mol. The molecule has 0 radical (unpaired) electrons. The SMILES string of the molecule is Cc1n[nH]c(-c2cccc(CN(C)C(=O)OC(C)(C)C)c2)c1C(=O)O. The van der Waals surface area contributed by atoms with E-state index in [9.17, 15) is 14.7 Å². The van der Waals surface area contributed by atoms with Crippen molar-refractivity contribution in [3.63, 3.8) is 0 Å². The van der Waals surface area contributed by atoms with Gasteiger partial charge in [-0.2, -0.15) is 5.10 Å². The molecule has 2 N–H and O–H groups in total. The van der Waals surface area contributed by atoms with Crippen LogP contribution in [0.3, 0.4) is 0 Å². The lowest BCUT2D eigenvalue weighted by Crippen LogP contribution is -2.33. The molecule has 7 heteroatoms. The molecule has 0 bridgehead atoms. The second-order valence-electron chi connectivity index (χ2n) is 6.90. The minimum absolute atomic E-state index is 0.151. The van der Waals surface area contributed by atoms with E-state index in [1.165, 1.54) is 4.90 Å². The number of carbonyl (C=O) groups is 2. The summed E-state index contributed by atoms with van der Waals surface area (Å²) in [5, 5.41) is 16.1. The van der Waals surface area contributed by atoms with Gasteiger partial charge in [-0.05, 0) is 39.3 Å². The Morgan fingerprint density at radius 1 is 1.32 bits per heavy atom. The molecule has 0 unspecified atom stereocenters. The van der Waals surface area contributed by atoms with E-state index in [2.05, 4.69) is 10.2 Å². The molecule has 0 aliphatic carbocycles. The maximum Gasteiger partial charge on any atom is 0.410 e. The van der Waals surface area contributed by atoms with Gasteiger partial charge in [0.15, 0.2) is 0 Å². The summed E-state index contributed by atoms with van der Waals surface area (Å²) in [6.45, 7) is 7.43. The van der Waals surface area contributed by atoms with Crippen molar-refractivity contribution in [2.45, 2.75) is 39.8 Å². The second-order valence-corrected chi connectivity index (χ2v) is 6.90. The average Bonchev–Trinajstić information content (AvgIpc) is 2.87. The van der Waals surface area contributed by atoms with Crippen LogP contribution in [0.1, 0.15) is 42.4 Å². The van der Waals surface area contributed by atoms with Gasteiger partial charge in [-0.15, -0.1) is 0 Å². The van der Waals surface area contributed by atoms with Crippen molar-refractivity contribution in [3.8, 4) is 11.3 Å². The number of aromatic carboxylic acids is 1. The molecule has 2 rings (SSSR count). The third-order valence-corrected chi connectivity index (χ3v) is 3.50. The van der Waals surface area contributed by atoms with E-state index in [1.807, 2.05) is 39.0 Å². The largest absolute Gasteiger partial charge is 0.478 e. The number of carboxylic acids is 1. The number of aromatic amines is 1. The Bertz CT molecular complexity index is 790. The Hall–Kier alpha value is -2.83. The normalized spacial score (nSPS) is 11.2. The van der Waals surface area contributed by atoms with Crippen molar-refractivity contribution < 1.29 is 19.4 Å². The van der Waals surface area contributed by atoms with Crippen LogP contribution in [-0.4, -0.2) is 44.9 Å². The third-order valence-electron chi connectivity index (χ3n) is 3.50. The molecule has 0 spiro atoms. The molecule has 0 fully saturated rings. The number of H-pyrrole nitrogens is 1. The maximum atomic E-state index is 12.1. The minimum atomic E-state index is -1.03. The number of benzene rings is 1. The van der Waals surface area contributed by atoms with E-state index in [4.69, 9.17) is 4.74 Å². The molecule has 25 heavy (non-hydrogen) atoms. The molecule has 2 aromatic rings. The van der Waals surface area contributed by atoms with Crippen LogP contribution in [-0.2, 0) is 11.3 Å². The van der Waals surface area contributed by atoms with Crippen molar-refractivity contribution in [1.29, 1.82) is 0 Å². The summed E-state index contributed by atoms with van der Waals surface area (Å²) in [5.74, 6) is -1.03. The Balaban J connectivity index is 2.23. The second kappa shape index (κ2) is 6.96. The summed E-state index contributed by atoms with van der Waals surface area (Å²) in [7, 11) is 1.66. The Morgan fingerprint density at radius 3 is 2.60 bits per heavy atom. The summed E-state index contributed by atoms with van der Waals surface area (Å²) in [4.78, 5) is 25.0. The van der Waals surface area contributed by atoms with Gasteiger partial charge in [-0.25, -0.2) is 9.59 Å². The quantitative estimate of drug-likeness (QED) is 0.885. The number of carboxylic acid groups (broad SMARTS) is 1. The molecule has 7 nitrogen and oxygen atoms in total. The summed E-state index contributed by atoms with van der Waals surface area (Å²) in [5.41, 5.74) is 2.03. The van der Waals surface area contributed by atoms with E-state index >= 15 is 0 Å². The van der Waals surface area contributed by atoms with Crippen LogP contribution >= 0.6 is 0 Å². The lowest BCUT2D eigenvalue weighted by molar-refractivity contribution is 0.0285. The molecule has 0 aliphatic rings. The number of nitrogens with zero attached hydrogens (tertiary/aromatic N) is 2. The fourth-order valence-electron chi connectivity index (χ4n) is 2.41. The first-order chi connectivity index (χ1) is 11.6. The van der Waals surface area contributed by atoms with Crippen molar-refractivity contribution in [2.75, 3.05) is 7.05 Å². The first kappa shape index (κ1) is 18.5. The van der Waals surface area contributed by atoms with Crippen molar-refractivity contribution >= 4 is 12.1 Å². The smallest absolute Gasteiger partial charge is 0.410 e. The van der Waals surface area contributed by atoms with Crippen LogP contribution in [0.2, 0.25) is 0 Å². The van der Waals surface area contributed by atoms with Gasteiger partial charge < -0.3 is 14.7 Å². The van der Waals surface area contributed by atoms with Crippen LogP contribution in [0.4, 0.5) is 4.79 Å². The van der Waals surface area contributed by atoms with Gasteiger partial charge in [0.05, 0.1) is 11.4 Å². The molecule has 0 saturated carbocycles. The average molecular weight is 345 g/mol. The molecule has 0 aliphatic heterocycles. The molecule has 0 atom stereocenters. The van der Waals surface area contributed by atoms with Crippen LogP contribution in [0, 0.1) is 6.92 Å². The summed E-state index contributed by atoms with van der Waals surface area (Å²) in [6.07, 6.45) is -0.415. The highest BCUT2D eigenvalue weighted by molar-refractivity contribution is 5.96. The first-order valence-corrected chi connectivity index (χ1v) is 7.90. The van der Waals surface area contributed by atoms with Crippen LogP contribution in [0.5, 0.6) is 0 Å². The van der Waals surface area contributed by atoms with Gasteiger partial charge in [-0.1, -0.05) is 18.2 Å². The first-order valence-electron chi connectivity index (χ1n) is 7.90. The van der Waals surface area contributed by atoms with E-state index in [0.717, 1.165) is 5.56 Å². The molecule has 0 saturated heterocycles. The highest BCUT2D eigenvalue weighted by atomic mass is 16.6. The molecular weight excluding hydrogens is 322 g/mol. The maximum absolute atomic E-state index is 12.1.